The Morgan fingerprint density at radius 1 is 1.37 bits per heavy atom. The van der Waals surface area contributed by atoms with Gasteiger partial charge < -0.3 is 4.74 Å². The van der Waals surface area contributed by atoms with Crippen molar-refractivity contribution in [2.45, 2.75) is 20.3 Å². The van der Waals surface area contributed by atoms with Gasteiger partial charge in [-0.25, -0.2) is 13.6 Å². The number of methoxy groups -OCH3 is 1. The van der Waals surface area contributed by atoms with Crippen LogP contribution in [-0.4, -0.2) is 21.3 Å². The molecule has 0 bridgehead atoms. The minimum Gasteiger partial charge on any atom is -0.497 e. The average Bonchev–Trinajstić information content (AvgIpc) is 2.34. The predicted octanol–water partition coefficient (Wildman–Crippen LogP) is 2.11. The Hall–Kier alpha value is -1.33. The summed E-state index contributed by atoms with van der Waals surface area (Å²) in [7, 11) is -1.78. The Kier molecular flexibility index (Phi) is 5.57. The fourth-order valence-electron chi connectivity index (χ4n) is 1.72. The zero-order chi connectivity index (χ0) is 14.5. The highest BCUT2D eigenvalue weighted by atomic mass is 32.2. The van der Waals surface area contributed by atoms with Crippen LogP contribution in [0, 0.1) is 5.92 Å². The van der Waals surface area contributed by atoms with E-state index in [1.165, 1.54) is 0 Å². The van der Waals surface area contributed by atoms with Crippen LogP contribution in [0.25, 0.3) is 0 Å². The van der Waals surface area contributed by atoms with Gasteiger partial charge in [-0.15, -0.1) is 0 Å². The van der Waals surface area contributed by atoms with E-state index < -0.39 is 10.0 Å². The van der Waals surface area contributed by atoms with E-state index in [0.29, 0.717) is 0 Å². The first kappa shape index (κ1) is 15.7. The van der Waals surface area contributed by atoms with Crippen molar-refractivity contribution in [3.05, 3.63) is 41.5 Å². The molecule has 0 amide bonds. The van der Waals surface area contributed by atoms with Gasteiger partial charge >= 0.3 is 0 Å². The second-order valence-corrected chi connectivity index (χ2v) is 6.39. The third kappa shape index (κ3) is 5.89. The van der Waals surface area contributed by atoms with Gasteiger partial charge in [-0.2, -0.15) is 0 Å². The van der Waals surface area contributed by atoms with Gasteiger partial charge in [0, 0.05) is 0 Å². The minimum absolute atomic E-state index is 0.0159. The number of hydrogen-bond donors (Lipinski definition) is 1. The van der Waals surface area contributed by atoms with Gasteiger partial charge in [0.15, 0.2) is 0 Å². The molecule has 5 heteroatoms. The molecule has 0 radical (unpaired) electrons. The number of rotatable bonds is 6. The first-order chi connectivity index (χ1) is 8.81. The summed E-state index contributed by atoms with van der Waals surface area (Å²) in [4.78, 5) is 0. The van der Waals surface area contributed by atoms with E-state index in [0.717, 1.165) is 23.3 Å². The molecule has 19 heavy (non-hydrogen) atoms. The molecule has 2 N–H and O–H groups in total. The first-order valence-electron chi connectivity index (χ1n) is 6.12. The Bertz CT molecular complexity index is 532. The third-order valence-electron chi connectivity index (χ3n) is 3.08. The standard InChI is InChI=1S/C14H21NO3S/c1-11(12(2)10-19(15,16)17)4-5-13-6-8-14(18-3)9-7-13/h4,6-9,12H,5,10H2,1-3H3,(H2,15,16,17). The van der Waals surface area contributed by atoms with Crippen molar-refractivity contribution in [1.82, 2.24) is 0 Å². The van der Waals surface area contributed by atoms with Crippen LogP contribution in [0.5, 0.6) is 5.75 Å². The molecule has 0 aliphatic rings. The lowest BCUT2D eigenvalue weighted by atomic mass is 10.0. The summed E-state index contributed by atoms with van der Waals surface area (Å²) in [5, 5.41) is 5.04. The Balaban J connectivity index is 2.64. The number of allylic oxidation sites excluding steroid dienone is 2. The van der Waals surface area contributed by atoms with Gasteiger partial charge in [-0.3, -0.25) is 0 Å². The van der Waals surface area contributed by atoms with Crippen LogP contribution in [0.4, 0.5) is 0 Å². The number of sulfonamides is 1. The van der Waals surface area contributed by atoms with Crippen molar-refractivity contribution in [3.8, 4) is 5.75 Å². The second kappa shape index (κ2) is 6.73. The molecule has 0 aliphatic heterocycles. The molecule has 0 fully saturated rings. The minimum atomic E-state index is -3.42. The van der Waals surface area contributed by atoms with Crippen molar-refractivity contribution < 1.29 is 13.2 Å². The van der Waals surface area contributed by atoms with Gasteiger partial charge in [0.1, 0.15) is 5.75 Å². The summed E-state index contributed by atoms with van der Waals surface area (Å²) in [6.45, 7) is 3.80. The summed E-state index contributed by atoms with van der Waals surface area (Å²) >= 11 is 0. The smallest absolute Gasteiger partial charge is 0.209 e. The summed E-state index contributed by atoms with van der Waals surface area (Å²) < 4.78 is 27.1. The highest BCUT2D eigenvalue weighted by Gasteiger charge is 2.12. The monoisotopic (exact) mass is 283 g/mol. The van der Waals surface area contributed by atoms with E-state index in [2.05, 4.69) is 0 Å². The van der Waals surface area contributed by atoms with Crippen molar-refractivity contribution in [2.75, 3.05) is 12.9 Å². The quantitative estimate of drug-likeness (QED) is 0.813. The molecule has 106 valence electrons. The largest absolute Gasteiger partial charge is 0.497 e. The molecule has 0 saturated carbocycles. The molecule has 1 atom stereocenters. The zero-order valence-corrected chi connectivity index (χ0v) is 12.4. The van der Waals surface area contributed by atoms with Crippen LogP contribution < -0.4 is 9.88 Å². The number of nitrogens with two attached hydrogens (primary N) is 1. The van der Waals surface area contributed by atoms with Crippen LogP contribution in [0.15, 0.2) is 35.9 Å². The molecule has 0 heterocycles. The highest BCUT2D eigenvalue weighted by Crippen LogP contribution is 2.15. The Labute approximate surface area is 115 Å². The molecule has 1 rings (SSSR count). The van der Waals surface area contributed by atoms with Crippen LogP contribution in [0.2, 0.25) is 0 Å². The SMILES string of the molecule is COc1ccc(CC=C(C)C(C)CS(N)(=O)=O)cc1. The van der Waals surface area contributed by atoms with E-state index in [4.69, 9.17) is 9.88 Å². The fraction of sp³-hybridized carbons (Fsp3) is 0.429. The maximum atomic E-state index is 11.0. The van der Waals surface area contributed by atoms with E-state index in [1.54, 1.807) is 7.11 Å². The lowest BCUT2D eigenvalue weighted by Gasteiger charge is -2.10. The van der Waals surface area contributed by atoms with E-state index in [-0.39, 0.29) is 11.7 Å². The summed E-state index contributed by atoms with van der Waals surface area (Å²) in [5.74, 6) is 0.748. The molecule has 1 aromatic carbocycles. The Morgan fingerprint density at radius 3 is 2.42 bits per heavy atom. The van der Waals surface area contributed by atoms with Crippen LogP contribution in [0.3, 0.4) is 0 Å². The zero-order valence-electron chi connectivity index (χ0n) is 11.6. The number of ether oxygens (including phenoxy) is 1. The van der Waals surface area contributed by atoms with E-state index in [9.17, 15) is 8.42 Å². The lowest BCUT2D eigenvalue weighted by molar-refractivity contribution is 0.414. The molecule has 0 aliphatic carbocycles. The van der Waals surface area contributed by atoms with E-state index >= 15 is 0 Å². The Morgan fingerprint density at radius 2 is 1.95 bits per heavy atom. The van der Waals surface area contributed by atoms with Gasteiger partial charge in [0.05, 0.1) is 12.9 Å². The molecule has 1 unspecified atom stereocenters. The van der Waals surface area contributed by atoms with Crippen molar-refractivity contribution in [2.24, 2.45) is 11.1 Å². The first-order valence-corrected chi connectivity index (χ1v) is 7.83. The number of benzene rings is 1. The highest BCUT2D eigenvalue weighted by molar-refractivity contribution is 7.89. The third-order valence-corrected chi connectivity index (χ3v) is 4.04. The molecular formula is C14H21NO3S. The fourth-order valence-corrected chi connectivity index (χ4v) is 2.68. The summed E-state index contributed by atoms with van der Waals surface area (Å²) in [6, 6.07) is 7.80. The molecule has 0 spiro atoms. The van der Waals surface area contributed by atoms with Gasteiger partial charge in [0.25, 0.3) is 0 Å². The molecule has 1 aromatic rings. The van der Waals surface area contributed by atoms with Gasteiger partial charge in [-0.1, -0.05) is 30.7 Å². The van der Waals surface area contributed by atoms with Gasteiger partial charge in [-0.05, 0) is 37.0 Å². The molecule has 0 aromatic heterocycles. The van der Waals surface area contributed by atoms with Crippen molar-refractivity contribution in [3.63, 3.8) is 0 Å². The summed E-state index contributed by atoms with van der Waals surface area (Å²) in [6.07, 6.45) is 2.81. The molecule has 0 saturated heterocycles. The number of primary sulfonamides is 1. The number of hydrogen-bond acceptors (Lipinski definition) is 3. The topological polar surface area (TPSA) is 69.4 Å². The van der Waals surface area contributed by atoms with Crippen LogP contribution in [0.1, 0.15) is 19.4 Å². The van der Waals surface area contributed by atoms with Crippen LogP contribution in [-0.2, 0) is 16.4 Å². The normalized spacial score (nSPS) is 14.2. The van der Waals surface area contributed by atoms with E-state index in [1.807, 2.05) is 44.2 Å². The van der Waals surface area contributed by atoms with Crippen LogP contribution >= 0.6 is 0 Å². The molecular weight excluding hydrogens is 262 g/mol. The predicted molar refractivity (Wildman–Crippen MR) is 77.6 cm³/mol. The maximum Gasteiger partial charge on any atom is 0.209 e. The van der Waals surface area contributed by atoms with Gasteiger partial charge in [0.2, 0.25) is 10.0 Å². The lowest BCUT2D eigenvalue weighted by Crippen LogP contribution is -2.22. The summed E-state index contributed by atoms with van der Waals surface area (Å²) in [5.41, 5.74) is 2.19. The van der Waals surface area contributed by atoms with Crippen molar-refractivity contribution >= 4 is 10.0 Å². The average molecular weight is 283 g/mol. The second-order valence-electron chi connectivity index (χ2n) is 4.73. The molecule has 4 nitrogen and oxygen atoms in total. The van der Waals surface area contributed by atoms with Crippen molar-refractivity contribution in [1.29, 1.82) is 0 Å². The maximum absolute atomic E-state index is 11.0.